The Balaban J connectivity index is 3.30. The van der Waals surface area contributed by atoms with Gasteiger partial charge in [-0.3, -0.25) is 4.79 Å². The van der Waals surface area contributed by atoms with E-state index in [1.807, 2.05) is 0 Å². The van der Waals surface area contributed by atoms with Crippen molar-refractivity contribution in [1.29, 1.82) is 0 Å². The van der Waals surface area contributed by atoms with Gasteiger partial charge in [-0.05, 0) is 32.1 Å². The van der Waals surface area contributed by atoms with E-state index in [0.717, 1.165) is 12.8 Å². The summed E-state index contributed by atoms with van der Waals surface area (Å²) in [6.45, 7) is 1.52. The van der Waals surface area contributed by atoms with E-state index >= 15 is 0 Å². The van der Waals surface area contributed by atoms with Crippen LogP contribution < -0.4 is 0 Å². The zero-order valence-corrected chi connectivity index (χ0v) is 17.9. The summed E-state index contributed by atoms with van der Waals surface area (Å²) >= 11 is 0. The van der Waals surface area contributed by atoms with E-state index in [9.17, 15) is 9.59 Å². The first kappa shape index (κ1) is 26.8. The molecule has 0 saturated heterocycles. The van der Waals surface area contributed by atoms with Gasteiger partial charge in [0.15, 0.2) is 6.10 Å². The molecule has 0 aliphatic heterocycles. The highest BCUT2D eigenvalue weighted by Crippen LogP contribution is 2.11. The maximum absolute atomic E-state index is 11.4. The molecule has 0 saturated carbocycles. The highest BCUT2D eigenvalue weighted by Gasteiger charge is 2.18. The quantitative estimate of drug-likeness (QED) is 0.135. The molecule has 0 aliphatic rings. The lowest BCUT2D eigenvalue weighted by Gasteiger charge is -2.06. The maximum Gasteiger partial charge on any atom is 0.345 e. The summed E-state index contributed by atoms with van der Waals surface area (Å²) in [6, 6.07) is 0. The molecule has 0 radical (unpaired) electrons. The lowest BCUT2D eigenvalue weighted by atomic mass is 10.1. The van der Waals surface area contributed by atoms with E-state index in [1.54, 1.807) is 0 Å². The highest BCUT2D eigenvalue weighted by atomic mass is 16.6. The van der Waals surface area contributed by atoms with Crippen molar-refractivity contribution in [3.05, 3.63) is 12.2 Å². The Labute approximate surface area is 171 Å². The molecule has 2 N–H and O–H groups in total. The Morgan fingerprint density at radius 2 is 1.25 bits per heavy atom. The molecule has 0 aromatic carbocycles. The van der Waals surface area contributed by atoms with Crippen molar-refractivity contribution >= 4 is 11.9 Å². The van der Waals surface area contributed by atoms with Crippen LogP contribution in [0.1, 0.15) is 110 Å². The van der Waals surface area contributed by atoms with Gasteiger partial charge in [0.2, 0.25) is 0 Å². The molecule has 0 aromatic heterocycles. The smallest absolute Gasteiger partial charge is 0.345 e. The van der Waals surface area contributed by atoms with Crippen LogP contribution in [0, 0.1) is 0 Å². The molecule has 1 atom stereocenters. The Morgan fingerprint density at radius 1 is 0.786 bits per heavy atom. The zero-order chi connectivity index (χ0) is 20.9. The van der Waals surface area contributed by atoms with Crippen molar-refractivity contribution in [1.82, 2.24) is 0 Å². The van der Waals surface area contributed by atoms with Crippen molar-refractivity contribution in [2.75, 3.05) is 6.61 Å². The Bertz CT molecular complexity index is 406. The molecule has 0 aromatic rings. The topological polar surface area (TPSA) is 83.8 Å². The molecule has 164 valence electrons. The number of hydrogen-bond acceptors (Lipinski definition) is 5. The van der Waals surface area contributed by atoms with E-state index in [4.69, 9.17) is 10.2 Å². The van der Waals surface area contributed by atoms with Gasteiger partial charge in [-0.25, -0.2) is 4.79 Å². The lowest BCUT2D eigenvalue weighted by Crippen LogP contribution is -2.28. The van der Waals surface area contributed by atoms with Gasteiger partial charge in [0.1, 0.15) is 0 Å². The van der Waals surface area contributed by atoms with Gasteiger partial charge in [-0.1, -0.05) is 83.3 Å². The third kappa shape index (κ3) is 18.2. The monoisotopic (exact) mass is 398 g/mol. The van der Waals surface area contributed by atoms with Crippen LogP contribution in [0.5, 0.6) is 0 Å². The molecule has 1 unspecified atom stereocenters. The second-order valence-corrected chi connectivity index (χ2v) is 7.53. The molecule has 5 nitrogen and oxygen atoms in total. The summed E-state index contributed by atoms with van der Waals surface area (Å²) in [5, 5.41) is 17.6. The van der Waals surface area contributed by atoms with E-state index in [-0.39, 0.29) is 6.42 Å². The summed E-state index contributed by atoms with van der Waals surface area (Å²) < 4.78 is 4.44. The van der Waals surface area contributed by atoms with Gasteiger partial charge < -0.3 is 14.9 Å². The minimum absolute atomic E-state index is 0.174. The van der Waals surface area contributed by atoms with Crippen molar-refractivity contribution in [3.63, 3.8) is 0 Å². The largest absolute Gasteiger partial charge is 0.393 e. The Hall–Kier alpha value is -1.20. The number of carbonyl (C=O) groups excluding carboxylic acids is 2. The fraction of sp³-hybridized carbons (Fsp3) is 0.826. The molecule has 28 heavy (non-hydrogen) atoms. The summed E-state index contributed by atoms with van der Waals surface area (Å²) in [7, 11) is 0. The number of hydrogen-bond donors (Lipinski definition) is 2. The lowest BCUT2D eigenvalue weighted by molar-refractivity contribution is -0.167. The molecular weight excluding hydrogens is 356 g/mol. The fourth-order valence-electron chi connectivity index (χ4n) is 3.00. The maximum atomic E-state index is 11.4. The first-order valence-electron chi connectivity index (χ1n) is 11.3. The van der Waals surface area contributed by atoms with Gasteiger partial charge in [-0.2, -0.15) is 0 Å². The highest BCUT2D eigenvalue weighted by molar-refractivity contribution is 5.87. The van der Waals surface area contributed by atoms with E-state index in [1.165, 1.54) is 77.0 Å². The number of ether oxygens (including phenoxy) is 1. The van der Waals surface area contributed by atoms with Crippen LogP contribution >= 0.6 is 0 Å². The van der Waals surface area contributed by atoms with Crippen molar-refractivity contribution in [2.45, 2.75) is 116 Å². The van der Waals surface area contributed by atoms with Crippen LogP contribution in [0.2, 0.25) is 0 Å². The van der Waals surface area contributed by atoms with E-state index in [0.29, 0.717) is 6.42 Å². The summed E-state index contributed by atoms with van der Waals surface area (Å²) in [5.41, 5.74) is 0. The summed E-state index contributed by atoms with van der Waals surface area (Å²) in [5.74, 6) is -1.71. The second-order valence-electron chi connectivity index (χ2n) is 7.53. The first-order valence-corrected chi connectivity index (χ1v) is 11.3. The molecule has 0 rings (SSSR count). The minimum Gasteiger partial charge on any atom is -0.393 e. The van der Waals surface area contributed by atoms with Crippen LogP contribution in [-0.2, 0) is 14.3 Å². The number of rotatable bonds is 19. The summed E-state index contributed by atoms with van der Waals surface area (Å²) in [6.07, 6.45) is 21.3. The predicted molar refractivity (Wildman–Crippen MR) is 113 cm³/mol. The Kier molecular flexibility index (Phi) is 19.7. The third-order valence-electron chi connectivity index (χ3n) is 4.80. The predicted octanol–water partition coefficient (Wildman–Crippen LogP) is 5.23. The molecule has 0 bridgehead atoms. The van der Waals surface area contributed by atoms with Crippen LogP contribution in [0.15, 0.2) is 12.2 Å². The number of allylic oxidation sites excluding steroid dienone is 2. The number of unbranched alkanes of at least 4 members (excludes halogenated alkanes) is 13. The molecule has 0 heterocycles. The van der Waals surface area contributed by atoms with Crippen LogP contribution in [0.25, 0.3) is 0 Å². The number of aliphatic hydroxyl groups excluding tert-OH is 2. The molecular formula is C23H42O5. The normalized spacial score (nSPS) is 12.4. The molecule has 0 amide bonds. The van der Waals surface area contributed by atoms with Gasteiger partial charge in [0.25, 0.3) is 0 Å². The average Bonchev–Trinajstić information content (AvgIpc) is 2.69. The fourth-order valence-corrected chi connectivity index (χ4v) is 3.00. The van der Waals surface area contributed by atoms with Gasteiger partial charge in [0.05, 0.1) is 6.61 Å². The summed E-state index contributed by atoms with van der Waals surface area (Å²) in [4.78, 5) is 22.5. The van der Waals surface area contributed by atoms with Crippen molar-refractivity contribution in [3.8, 4) is 0 Å². The standard InChI is InChI=1S/C23H42O5/c1-2-3-4-5-6-7-8-9-10-11-12-13-14-15-16-17-18-19-22(26)28-23(27)21(25)20-24/h9-10,21,24-25H,2-8,11-20H2,1H3/b10-9-. The zero-order valence-electron chi connectivity index (χ0n) is 17.9. The number of esters is 2. The molecule has 0 aliphatic carbocycles. The van der Waals surface area contributed by atoms with Crippen LogP contribution in [0.3, 0.4) is 0 Å². The molecule has 0 fully saturated rings. The van der Waals surface area contributed by atoms with Gasteiger partial charge in [-0.15, -0.1) is 0 Å². The van der Waals surface area contributed by atoms with E-state index in [2.05, 4.69) is 23.8 Å². The minimum atomic E-state index is -1.63. The van der Waals surface area contributed by atoms with E-state index < -0.39 is 24.6 Å². The van der Waals surface area contributed by atoms with Crippen molar-refractivity contribution < 1.29 is 24.5 Å². The molecule has 0 spiro atoms. The third-order valence-corrected chi connectivity index (χ3v) is 4.80. The van der Waals surface area contributed by atoms with Crippen molar-refractivity contribution in [2.24, 2.45) is 0 Å². The van der Waals surface area contributed by atoms with Crippen LogP contribution in [0.4, 0.5) is 0 Å². The number of aliphatic hydroxyl groups is 2. The van der Waals surface area contributed by atoms with Crippen LogP contribution in [-0.4, -0.2) is 34.9 Å². The molecule has 5 heteroatoms. The van der Waals surface area contributed by atoms with Gasteiger partial charge >= 0.3 is 11.9 Å². The first-order chi connectivity index (χ1) is 13.6. The SMILES string of the molecule is CCCCCCCC/C=C\CCCCCCCCCC(=O)OC(=O)C(O)CO. The van der Waals surface area contributed by atoms with Gasteiger partial charge in [0, 0.05) is 6.42 Å². The average molecular weight is 399 g/mol. The second kappa shape index (κ2) is 20.5. The Morgan fingerprint density at radius 3 is 1.75 bits per heavy atom. The number of carbonyl (C=O) groups is 2.